The number of rotatable bonds is 7. The zero-order chi connectivity index (χ0) is 15.7. The van der Waals surface area contributed by atoms with Crippen molar-refractivity contribution in [2.75, 3.05) is 13.1 Å². The number of hydrogen-bond acceptors (Lipinski definition) is 3. The van der Waals surface area contributed by atoms with Crippen LogP contribution in [0.4, 0.5) is 0 Å². The number of nitrogens with zero attached hydrogens (tertiary/aromatic N) is 2. The van der Waals surface area contributed by atoms with Crippen molar-refractivity contribution in [3.05, 3.63) is 0 Å². The molecule has 0 saturated heterocycles. The first-order valence-corrected chi connectivity index (χ1v) is 8.27. The van der Waals surface area contributed by atoms with Gasteiger partial charge in [0.25, 0.3) is 0 Å². The van der Waals surface area contributed by atoms with Gasteiger partial charge in [-0.25, -0.2) is 0 Å². The average molecular weight is 297 g/mol. The van der Waals surface area contributed by atoms with Gasteiger partial charge in [-0.15, -0.1) is 0 Å². The summed E-state index contributed by atoms with van der Waals surface area (Å²) >= 11 is 0. The molecule has 0 aromatic rings. The summed E-state index contributed by atoms with van der Waals surface area (Å²) in [7, 11) is 0. The largest absolute Gasteiger partial charge is 0.409 e. The number of nitrogens with two attached hydrogens (primary N) is 1. The highest BCUT2D eigenvalue weighted by Crippen LogP contribution is 2.26. The molecule has 1 fully saturated rings. The molecule has 0 aliphatic heterocycles. The van der Waals surface area contributed by atoms with E-state index in [0.717, 1.165) is 6.54 Å². The number of amidine groups is 1. The fourth-order valence-electron chi connectivity index (χ4n) is 3.00. The maximum absolute atomic E-state index is 12.5. The van der Waals surface area contributed by atoms with Gasteiger partial charge in [0.1, 0.15) is 5.84 Å². The fourth-order valence-corrected chi connectivity index (χ4v) is 3.00. The Morgan fingerprint density at radius 1 is 1.29 bits per heavy atom. The van der Waals surface area contributed by atoms with E-state index in [-0.39, 0.29) is 11.7 Å². The highest BCUT2D eigenvalue weighted by molar-refractivity contribution is 5.81. The molecule has 1 rings (SSSR count). The van der Waals surface area contributed by atoms with Gasteiger partial charge in [-0.05, 0) is 24.7 Å². The van der Waals surface area contributed by atoms with Crippen LogP contribution in [0.25, 0.3) is 0 Å². The minimum Gasteiger partial charge on any atom is -0.409 e. The van der Waals surface area contributed by atoms with E-state index in [1.54, 1.807) is 0 Å². The van der Waals surface area contributed by atoms with Gasteiger partial charge in [-0.2, -0.15) is 0 Å². The van der Waals surface area contributed by atoms with Crippen molar-refractivity contribution < 1.29 is 10.0 Å². The molecule has 0 aromatic heterocycles. The molecule has 5 nitrogen and oxygen atoms in total. The Balaban J connectivity index is 2.52. The van der Waals surface area contributed by atoms with Gasteiger partial charge in [0.15, 0.2) is 0 Å². The molecule has 0 unspecified atom stereocenters. The predicted molar refractivity (Wildman–Crippen MR) is 85.3 cm³/mol. The topological polar surface area (TPSA) is 78.9 Å². The summed E-state index contributed by atoms with van der Waals surface area (Å²) in [5.74, 6) is 1.38. The van der Waals surface area contributed by atoms with Crippen LogP contribution in [0.15, 0.2) is 5.16 Å². The zero-order valence-corrected chi connectivity index (χ0v) is 13.6. The van der Waals surface area contributed by atoms with Gasteiger partial charge in [0.2, 0.25) is 5.91 Å². The number of carbonyl (C=O) groups is 1. The standard InChI is InChI=1S/C16H31N3O2/c1-13(2)12-19(10-9-15(17)18-21)16(20)11-14-7-5-3-4-6-8-14/h13-14,21H,3-12H2,1-2H3,(H2,17,18). The van der Waals surface area contributed by atoms with E-state index >= 15 is 0 Å². The van der Waals surface area contributed by atoms with E-state index < -0.39 is 0 Å². The molecule has 0 heterocycles. The van der Waals surface area contributed by atoms with E-state index in [4.69, 9.17) is 10.9 Å². The second-order valence-corrected chi connectivity index (χ2v) is 6.64. The molecule has 0 bridgehead atoms. The van der Waals surface area contributed by atoms with Crippen LogP contribution in [0.2, 0.25) is 0 Å². The molecule has 1 aliphatic carbocycles. The first kappa shape index (κ1) is 17.8. The van der Waals surface area contributed by atoms with Gasteiger partial charge in [0, 0.05) is 25.9 Å². The van der Waals surface area contributed by atoms with Crippen molar-refractivity contribution in [2.45, 2.75) is 65.2 Å². The molecule has 0 atom stereocenters. The SMILES string of the molecule is CC(C)CN(CCC(N)=NO)C(=O)CC1CCCCCC1. The Bertz CT molecular complexity index is 334. The van der Waals surface area contributed by atoms with Gasteiger partial charge in [0.05, 0.1) is 0 Å². The second-order valence-electron chi connectivity index (χ2n) is 6.64. The Labute approximate surface area is 128 Å². The van der Waals surface area contributed by atoms with Gasteiger partial charge in [-0.3, -0.25) is 4.79 Å². The van der Waals surface area contributed by atoms with Crippen LogP contribution in [0.1, 0.15) is 65.2 Å². The minimum absolute atomic E-state index is 0.186. The molecule has 1 saturated carbocycles. The summed E-state index contributed by atoms with van der Waals surface area (Å²) in [4.78, 5) is 14.4. The first-order valence-electron chi connectivity index (χ1n) is 8.27. The molecular formula is C16H31N3O2. The van der Waals surface area contributed by atoms with Gasteiger partial charge < -0.3 is 15.8 Å². The lowest BCUT2D eigenvalue weighted by Crippen LogP contribution is -2.37. The van der Waals surface area contributed by atoms with Crippen molar-refractivity contribution in [2.24, 2.45) is 22.7 Å². The number of hydrogen-bond donors (Lipinski definition) is 2. The predicted octanol–water partition coefficient (Wildman–Crippen LogP) is 2.97. The maximum atomic E-state index is 12.5. The van der Waals surface area contributed by atoms with Crippen molar-refractivity contribution in [3.63, 3.8) is 0 Å². The fraction of sp³-hybridized carbons (Fsp3) is 0.875. The monoisotopic (exact) mass is 297 g/mol. The van der Waals surface area contributed by atoms with Crippen LogP contribution in [-0.4, -0.2) is 34.9 Å². The van der Waals surface area contributed by atoms with Crippen molar-refractivity contribution >= 4 is 11.7 Å². The highest BCUT2D eigenvalue weighted by atomic mass is 16.4. The molecule has 21 heavy (non-hydrogen) atoms. The molecule has 0 radical (unpaired) electrons. The Kier molecular flexibility index (Phi) is 8.16. The quantitative estimate of drug-likeness (QED) is 0.249. The summed E-state index contributed by atoms with van der Waals surface area (Å²) in [6.45, 7) is 5.49. The maximum Gasteiger partial charge on any atom is 0.222 e. The van der Waals surface area contributed by atoms with Crippen LogP contribution in [0.3, 0.4) is 0 Å². The van der Waals surface area contributed by atoms with E-state index in [1.165, 1.54) is 38.5 Å². The normalized spacial score (nSPS) is 17.8. The highest BCUT2D eigenvalue weighted by Gasteiger charge is 2.21. The summed E-state index contributed by atoms with van der Waals surface area (Å²) in [5.41, 5.74) is 5.52. The summed E-state index contributed by atoms with van der Waals surface area (Å²) in [6, 6.07) is 0. The smallest absolute Gasteiger partial charge is 0.222 e. The van der Waals surface area contributed by atoms with Crippen LogP contribution in [0.5, 0.6) is 0 Å². The molecule has 5 heteroatoms. The average Bonchev–Trinajstić information content (AvgIpc) is 2.71. The number of amides is 1. The Hall–Kier alpha value is -1.26. The summed E-state index contributed by atoms with van der Waals surface area (Å²) < 4.78 is 0. The lowest BCUT2D eigenvalue weighted by molar-refractivity contribution is -0.132. The van der Waals surface area contributed by atoms with Crippen molar-refractivity contribution in [3.8, 4) is 0 Å². The van der Waals surface area contributed by atoms with E-state index in [1.807, 2.05) is 4.90 Å². The molecule has 122 valence electrons. The summed E-state index contributed by atoms with van der Waals surface area (Å²) in [6.07, 6.45) is 8.58. The minimum atomic E-state index is 0.186. The van der Waals surface area contributed by atoms with E-state index in [0.29, 0.717) is 31.2 Å². The third-order valence-corrected chi connectivity index (χ3v) is 4.14. The number of carbonyl (C=O) groups excluding carboxylic acids is 1. The molecule has 1 amide bonds. The van der Waals surface area contributed by atoms with E-state index in [2.05, 4.69) is 19.0 Å². The second kappa shape index (κ2) is 9.64. The van der Waals surface area contributed by atoms with Crippen molar-refractivity contribution in [1.29, 1.82) is 0 Å². The van der Waals surface area contributed by atoms with Crippen LogP contribution in [-0.2, 0) is 4.79 Å². The van der Waals surface area contributed by atoms with Gasteiger partial charge in [-0.1, -0.05) is 44.7 Å². The Morgan fingerprint density at radius 2 is 1.90 bits per heavy atom. The molecule has 0 aromatic carbocycles. The number of oxime groups is 1. The van der Waals surface area contributed by atoms with Crippen molar-refractivity contribution in [1.82, 2.24) is 4.90 Å². The molecular weight excluding hydrogens is 266 g/mol. The van der Waals surface area contributed by atoms with Crippen LogP contribution in [0, 0.1) is 11.8 Å². The molecule has 3 N–H and O–H groups in total. The summed E-state index contributed by atoms with van der Waals surface area (Å²) in [5, 5.41) is 11.6. The van der Waals surface area contributed by atoms with E-state index in [9.17, 15) is 4.79 Å². The lowest BCUT2D eigenvalue weighted by atomic mass is 9.95. The Morgan fingerprint density at radius 3 is 2.43 bits per heavy atom. The third-order valence-electron chi connectivity index (χ3n) is 4.14. The molecule has 0 spiro atoms. The first-order chi connectivity index (χ1) is 10.0. The van der Waals surface area contributed by atoms with Gasteiger partial charge >= 0.3 is 0 Å². The zero-order valence-electron chi connectivity index (χ0n) is 13.6. The molecule has 1 aliphatic rings. The lowest BCUT2D eigenvalue weighted by Gasteiger charge is -2.26. The van der Waals surface area contributed by atoms with Crippen LogP contribution >= 0.6 is 0 Å². The third kappa shape index (κ3) is 7.34. The van der Waals surface area contributed by atoms with Crippen LogP contribution < -0.4 is 5.73 Å².